The zero-order valence-corrected chi connectivity index (χ0v) is 71.8. The zero-order valence-electron chi connectivity index (χ0n) is 70.0. The van der Waals surface area contributed by atoms with E-state index in [4.69, 9.17) is 37.0 Å². The first-order valence-corrected chi connectivity index (χ1v) is 46.4. The van der Waals surface area contributed by atoms with Gasteiger partial charge in [0.2, 0.25) is 0 Å². The summed E-state index contributed by atoms with van der Waals surface area (Å²) in [6.07, 6.45) is 100. The Morgan fingerprint density at radius 1 is 0.259 bits per heavy atom. The van der Waals surface area contributed by atoms with Crippen LogP contribution in [0.2, 0.25) is 0 Å². The summed E-state index contributed by atoms with van der Waals surface area (Å²) in [4.78, 5) is 73.4. The molecule has 0 aromatic carbocycles. The summed E-state index contributed by atoms with van der Waals surface area (Å²) in [5.74, 6) is -2.25. The minimum atomic E-state index is -5.00. The molecule has 0 aliphatic carbocycles. The van der Waals surface area contributed by atoms with E-state index in [1.807, 2.05) is 0 Å². The number of hydrogen-bond acceptors (Lipinski definition) is 15. The third kappa shape index (κ3) is 82.4. The molecule has 638 valence electrons. The second-order valence-corrected chi connectivity index (χ2v) is 31.2. The van der Waals surface area contributed by atoms with Crippen molar-refractivity contribution >= 4 is 39.5 Å². The van der Waals surface area contributed by atoms with Crippen molar-refractivity contribution in [3.8, 4) is 0 Å². The maximum Gasteiger partial charge on any atom is 0.472 e. The van der Waals surface area contributed by atoms with Crippen LogP contribution in [0.15, 0.2) is 170 Å². The molecule has 0 aromatic rings. The maximum atomic E-state index is 13.2. The van der Waals surface area contributed by atoms with E-state index in [2.05, 4.69) is 198 Å². The average molecular weight is 1610 g/mol. The molecule has 0 rings (SSSR count). The van der Waals surface area contributed by atoms with E-state index in [1.165, 1.54) is 19.3 Å². The lowest BCUT2D eigenvalue weighted by Gasteiger charge is -2.21. The van der Waals surface area contributed by atoms with Crippen LogP contribution in [0, 0.1) is 0 Å². The molecule has 0 bridgehead atoms. The maximum absolute atomic E-state index is 13.2. The molecule has 0 aliphatic heterocycles. The van der Waals surface area contributed by atoms with Crippen LogP contribution in [0.3, 0.4) is 0 Å². The molecule has 0 heterocycles. The second kappa shape index (κ2) is 83.4. The lowest BCUT2D eigenvalue weighted by molar-refractivity contribution is -0.161. The van der Waals surface area contributed by atoms with E-state index in [1.54, 1.807) is 0 Å². The highest BCUT2D eigenvalue weighted by molar-refractivity contribution is 7.47. The van der Waals surface area contributed by atoms with Crippen molar-refractivity contribution < 1.29 is 80.2 Å². The molecule has 5 unspecified atom stereocenters. The minimum absolute atomic E-state index is 0.0671. The molecule has 0 amide bonds. The predicted molar refractivity (Wildman–Crippen MR) is 463 cm³/mol. The fraction of sp³-hybridized carbons (Fsp3) is 0.656. The first-order chi connectivity index (χ1) is 54.7. The molecule has 19 heteroatoms. The van der Waals surface area contributed by atoms with E-state index < -0.39 is 97.5 Å². The summed E-state index contributed by atoms with van der Waals surface area (Å²) in [6.45, 7) is 4.47. The largest absolute Gasteiger partial charge is 0.472 e. The lowest BCUT2D eigenvalue weighted by Crippen LogP contribution is -2.30. The molecular formula is C93H154O17P2. The number of unbranched alkanes of at least 4 members (excludes halogenated alkanes) is 26. The first-order valence-electron chi connectivity index (χ1n) is 43.4. The van der Waals surface area contributed by atoms with Crippen LogP contribution < -0.4 is 0 Å². The van der Waals surface area contributed by atoms with Gasteiger partial charge in [-0.2, -0.15) is 0 Å². The van der Waals surface area contributed by atoms with Crippen molar-refractivity contribution in [3.63, 3.8) is 0 Å². The number of rotatable bonds is 80. The van der Waals surface area contributed by atoms with Gasteiger partial charge < -0.3 is 33.8 Å². The van der Waals surface area contributed by atoms with Crippen molar-refractivity contribution in [1.82, 2.24) is 0 Å². The molecule has 0 radical (unpaired) electrons. The number of carbonyl (C=O) groups is 4. The monoisotopic (exact) mass is 1610 g/mol. The second-order valence-electron chi connectivity index (χ2n) is 28.3. The van der Waals surface area contributed by atoms with E-state index in [0.29, 0.717) is 25.7 Å². The van der Waals surface area contributed by atoms with Crippen molar-refractivity contribution in [2.45, 2.75) is 354 Å². The average Bonchev–Trinajstić information content (AvgIpc) is 0.898. The number of esters is 4. The van der Waals surface area contributed by atoms with Crippen LogP contribution in [0.1, 0.15) is 336 Å². The Kier molecular flexibility index (Phi) is 79.2. The zero-order chi connectivity index (χ0) is 81.7. The van der Waals surface area contributed by atoms with Crippen molar-refractivity contribution in [2.75, 3.05) is 39.6 Å². The Hall–Kier alpha value is -5.58. The predicted octanol–water partition coefficient (Wildman–Crippen LogP) is 26.1. The normalized spacial score (nSPS) is 14.6. The number of carbonyl (C=O) groups excluding carboxylic acids is 4. The summed E-state index contributed by atoms with van der Waals surface area (Å²) in [6, 6.07) is 0. The van der Waals surface area contributed by atoms with Gasteiger partial charge in [-0.3, -0.25) is 37.3 Å². The number of aliphatic hydroxyl groups is 1. The number of hydrogen-bond donors (Lipinski definition) is 3. The van der Waals surface area contributed by atoms with Crippen LogP contribution >= 0.6 is 15.6 Å². The summed E-state index contributed by atoms with van der Waals surface area (Å²) < 4.78 is 68.9. The highest BCUT2D eigenvalue weighted by atomic mass is 31.2. The van der Waals surface area contributed by atoms with Crippen LogP contribution in [0.5, 0.6) is 0 Å². The van der Waals surface area contributed by atoms with Gasteiger partial charge in [-0.1, -0.05) is 307 Å². The van der Waals surface area contributed by atoms with Gasteiger partial charge in [0.05, 0.1) is 26.4 Å². The Bertz CT molecular complexity index is 2790. The van der Waals surface area contributed by atoms with Gasteiger partial charge in [0.1, 0.15) is 19.3 Å². The Morgan fingerprint density at radius 3 is 0.723 bits per heavy atom. The topological polar surface area (TPSA) is 237 Å². The summed E-state index contributed by atoms with van der Waals surface area (Å²) in [7, 11) is -10.0. The van der Waals surface area contributed by atoms with E-state index >= 15 is 0 Å². The van der Waals surface area contributed by atoms with Gasteiger partial charge in [0.25, 0.3) is 0 Å². The molecule has 0 spiro atoms. The van der Waals surface area contributed by atoms with Crippen molar-refractivity contribution in [3.05, 3.63) is 170 Å². The molecule has 0 saturated carbocycles. The number of phosphoric acid groups is 2. The highest BCUT2D eigenvalue weighted by Gasteiger charge is 2.30. The molecule has 0 aliphatic rings. The van der Waals surface area contributed by atoms with Gasteiger partial charge in [0.15, 0.2) is 12.2 Å². The highest BCUT2D eigenvalue weighted by Crippen LogP contribution is 2.45. The van der Waals surface area contributed by atoms with Gasteiger partial charge in [-0.25, -0.2) is 9.13 Å². The molecule has 112 heavy (non-hydrogen) atoms. The van der Waals surface area contributed by atoms with Crippen LogP contribution in [0.25, 0.3) is 0 Å². The fourth-order valence-corrected chi connectivity index (χ4v) is 12.7. The van der Waals surface area contributed by atoms with Gasteiger partial charge >= 0.3 is 39.5 Å². The summed E-state index contributed by atoms with van der Waals surface area (Å²) in [5.41, 5.74) is 0. The molecule has 0 saturated heterocycles. The SMILES string of the molecule is CC/C=C\C/C=C\C/C=C\C/C=C\C/C=C\CCCCCC(=O)OCC(COP(=O)(O)OCC(O)COP(=O)(O)OCC(COC(=O)CCCCCCCCC/C=C\C/C=C\C/C=C\CC)OC(=O)CCCCCCCCC/C=C\C/C=C\C/C=C\CC)OC(=O)CCCCCCCC/C=C\C/C=C\C/C=C\CCCCC. The Labute approximate surface area is 680 Å². The van der Waals surface area contributed by atoms with Gasteiger partial charge in [-0.05, 0) is 173 Å². The first kappa shape index (κ1) is 106. The smallest absolute Gasteiger partial charge is 0.462 e. The van der Waals surface area contributed by atoms with Crippen LogP contribution in [0.4, 0.5) is 0 Å². The molecule has 5 atom stereocenters. The third-order valence-electron chi connectivity index (χ3n) is 17.7. The summed E-state index contributed by atoms with van der Waals surface area (Å²) in [5, 5.41) is 10.7. The number of aliphatic hydroxyl groups excluding tert-OH is 1. The Morgan fingerprint density at radius 2 is 0.464 bits per heavy atom. The number of ether oxygens (including phenoxy) is 4. The number of phosphoric ester groups is 2. The lowest BCUT2D eigenvalue weighted by atomic mass is 10.1. The third-order valence-corrected chi connectivity index (χ3v) is 19.6. The Balaban J connectivity index is 5.46. The van der Waals surface area contributed by atoms with Crippen molar-refractivity contribution in [2.24, 2.45) is 0 Å². The fourth-order valence-electron chi connectivity index (χ4n) is 11.2. The van der Waals surface area contributed by atoms with Crippen LogP contribution in [-0.4, -0.2) is 96.7 Å². The van der Waals surface area contributed by atoms with E-state index in [-0.39, 0.29) is 25.7 Å². The molecule has 0 fully saturated rings. The molecular weight excluding hydrogens is 1450 g/mol. The standard InChI is InChI=1S/C93H154O17P2/c1-5-9-13-17-21-25-29-33-37-41-43-47-50-54-58-62-66-70-74-78-91(96)104-84-89(110-93(98)80-76-72-68-64-60-56-52-48-44-42-38-34-30-26-22-18-14-10-6-2)86-108-112(101,102)106-82-87(94)81-105-111(99,100)107-85-88(109-92(97)79-75-71-67-63-59-55-51-46-40-36-32-28-24-20-16-12-8-4)83-103-90(95)77-73-69-65-61-57-53-49-45-39-35-31-27-23-19-15-11-7-3/h9,11-13,15-16,21-28,33-40,43-44,47-48,54,58,87-89,94H,5-8,10,14,17-20,29-32,41-42,45-46,49-53,55-57,59-86H2,1-4H3,(H,99,100)(H,101,102)/b13-9-,15-11-,16-12-,25-21-,26-22-,27-23-,28-24-,37-33-,38-34-,39-35-,40-36-,47-43-,48-44-,58-54-. The minimum Gasteiger partial charge on any atom is -0.462 e. The van der Waals surface area contributed by atoms with Crippen LogP contribution in [-0.2, 0) is 65.4 Å². The summed E-state index contributed by atoms with van der Waals surface area (Å²) >= 11 is 0. The quantitative estimate of drug-likeness (QED) is 0.0169. The van der Waals surface area contributed by atoms with Gasteiger partial charge in [-0.15, -0.1) is 0 Å². The molecule has 0 aromatic heterocycles. The number of allylic oxidation sites excluding steroid dienone is 28. The van der Waals surface area contributed by atoms with E-state index in [0.717, 1.165) is 238 Å². The van der Waals surface area contributed by atoms with E-state index in [9.17, 15) is 43.2 Å². The van der Waals surface area contributed by atoms with Gasteiger partial charge in [0, 0.05) is 25.7 Å². The van der Waals surface area contributed by atoms with Crippen molar-refractivity contribution in [1.29, 1.82) is 0 Å². The molecule has 17 nitrogen and oxygen atoms in total. The molecule has 3 N–H and O–H groups in total.